The number of fused-ring (bicyclic) bond motifs is 1. The molecule has 2 aromatic carbocycles. The lowest BCUT2D eigenvalue weighted by atomic mass is 9.97. The Balaban J connectivity index is 1.61. The van der Waals surface area contributed by atoms with E-state index in [1.54, 1.807) is 24.3 Å². The summed E-state index contributed by atoms with van der Waals surface area (Å²) in [7, 11) is 1.51. The van der Waals surface area contributed by atoms with Crippen LogP contribution in [0.1, 0.15) is 40.1 Å². The Morgan fingerprint density at radius 3 is 2.50 bits per heavy atom. The number of halogens is 3. The maximum Gasteiger partial charge on any atom is 0.410 e. The van der Waals surface area contributed by atoms with Crippen LogP contribution in [0.15, 0.2) is 54.6 Å². The number of methoxy groups -OCH3 is 1. The lowest BCUT2D eigenvalue weighted by molar-refractivity contribution is -0.173. The van der Waals surface area contributed by atoms with E-state index < -0.39 is 24.2 Å². The SMILES string of the molecule is COc1ccc(C2CC(C(F)(F)F)n3nc(C(=O)Nc4ccc(C#N)cc4)cc3N2)cc1. The van der Waals surface area contributed by atoms with Crippen molar-refractivity contribution in [3.05, 3.63) is 71.4 Å². The standard InChI is InChI=1S/C22H18F3N5O2/c1-32-16-8-4-14(5-9-16)17-10-19(22(23,24)25)30-20(28-17)11-18(29-30)21(31)27-15-6-2-13(12-26)3-7-15/h2-9,11,17,19,28H,10H2,1H3,(H,27,31). The second-order valence-electron chi connectivity index (χ2n) is 7.27. The molecule has 0 spiro atoms. The number of hydrogen-bond acceptors (Lipinski definition) is 5. The molecule has 1 amide bonds. The predicted molar refractivity (Wildman–Crippen MR) is 110 cm³/mol. The van der Waals surface area contributed by atoms with Gasteiger partial charge in [-0.25, -0.2) is 4.68 Å². The highest BCUT2D eigenvalue weighted by Crippen LogP contribution is 2.43. The van der Waals surface area contributed by atoms with Crippen LogP contribution in [0.2, 0.25) is 0 Å². The van der Waals surface area contributed by atoms with Crippen molar-refractivity contribution in [1.29, 1.82) is 5.26 Å². The fourth-order valence-electron chi connectivity index (χ4n) is 3.56. The monoisotopic (exact) mass is 441 g/mol. The summed E-state index contributed by atoms with van der Waals surface area (Å²) in [4.78, 5) is 12.6. The molecule has 2 N–H and O–H groups in total. The van der Waals surface area contributed by atoms with E-state index in [0.717, 1.165) is 4.68 Å². The second kappa shape index (κ2) is 8.26. The van der Waals surface area contributed by atoms with Gasteiger partial charge in [0, 0.05) is 18.2 Å². The number of amides is 1. The fraction of sp³-hybridized carbons (Fsp3) is 0.227. The van der Waals surface area contributed by atoms with E-state index in [2.05, 4.69) is 15.7 Å². The molecule has 1 aromatic heterocycles. The molecule has 2 atom stereocenters. The first-order valence-corrected chi connectivity index (χ1v) is 9.67. The zero-order valence-electron chi connectivity index (χ0n) is 16.8. The minimum Gasteiger partial charge on any atom is -0.497 e. The molecule has 2 unspecified atom stereocenters. The summed E-state index contributed by atoms with van der Waals surface area (Å²) in [5.74, 6) is 0.0495. The van der Waals surface area contributed by atoms with Crippen molar-refractivity contribution in [3.8, 4) is 11.8 Å². The summed E-state index contributed by atoms with van der Waals surface area (Å²) in [6, 6.07) is 13.6. The number of carbonyl (C=O) groups excluding carboxylic acids is 1. The Kier molecular flexibility index (Phi) is 5.48. The maximum atomic E-state index is 13.8. The highest BCUT2D eigenvalue weighted by Gasteiger charge is 2.46. The van der Waals surface area contributed by atoms with E-state index in [0.29, 0.717) is 22.6 Å². The normalized spacial score (nSPS) is 17.6. The molecule has 1 aliphatic rings. The summed E-state index contributed by atoms with van der Waals surface area (Å²) in [5.41, 5.74) is 1.33. The molecular formula is C22H18F3N5O2. The van der Waals surface area contributed by atoms with Crippen molar-refractivity contribution in [2.24, 2.45) is 0 Å². The number of benzene rings is 2. The van der Waals surface area contributed by atoms with Gasteiger partial charge in [0.1, 0.15) is 11.6 Å². The third kappa shape index (κ3) is 4.23. The predicted octanol–water partition coefficient (Wildman–Crippen LogP) is 4.68. The van der Waals surface area contributed by atoms with Gasteiger partial charge in [0.05, 0.1) is 24.8 Å². The Morgan fingerprint density at radius 2 is 1.91 bits per heavy atom. The van der Waals surface area contributed by atoms with E-state index in [1.165, 1.54) is 37.4 Å². The van der Waals surface area contributed by atoms with Crippen molar-refractivity contribution in [2.45, 2.75) is 24.7 Å². The highest BCUT2D eigenvalue weighted by molar-refractivity contribution is 6.03. The Bertz CT molecular complexity index is 1160. The van der Waals surface area contributed by atoms with Crippen molar-refractivity contribution in [3.63, 3.8) is 0 Å². The molecule has 2 heterocycles. The smallest absolute Gasteiger partial charge is 0.410 e. The highest BCUT2D eigenvalue weighted by atomic mass is 19.4. The van der Waals surface area contributed by atoms with E-state index in [-0.39, 0.29) is 17.9 Å². The molecule has 10 heteroatoms. The maximum absolute atomic E-state index is 13.8. The van der Waals surface area contributed by atoms with Crippen LogP contribution in [-0.4, -0.2) is 29.0 Å². The lowest BCUT2D eigenvalue weighted by Gasteiger charge is -2.33. The number of rotatable bonds is 4. The van der Waals surface area contributed by atoms with Crippen LogP contribution in [-0.2, 0) is 0 Å². The molecule has 0 aliphatic carbocycles. The van der Waals surface area contributed by atoms with E-state index in [4.69, 9.17) is 10.00 Å². The van der Waals surface area contributed by atoms with Gasteiger partial charge in [-0.05, 0) is 42.0 Å². The van der Waals surface area contributed by atoms with Crippen molar-refractivity contribution in [2.75, 3.05) is 17.7 Å². The van der Waals surface area contributed by atoms with Crippen molar-refractivity contribution >= 4 is 17.4 Å². The first kappa shape index (κ1) is 21.2. The number of carbonyl (C=O) groups is 1. The average molecular weight is 441 g/mol. The molecule has 7 nitrogen and oxygen atoms in total. The van der Waals surface area contributed by atoms with Gasteiger partial charge >= 0.3 is 6.18 Å². The molecule has 0 radical (unpaired) electrons. The number of nitriles is 1. The molecule has 0 saturated carbocycles. The zero-order chi connectivity index (χ0) is 22.9. The molecule has 164 valence electrons. The summed E-state index contributed by atoms with van der Waals surface area (Å²) in [5, 5.41) is 18.4. The molecule has 0 saturated heterocycles. The van der Waals surface area contributed by atoms with E-state index in [9.17, 15) is 18.0 Å². The summed E-state index contributed by atoms with van der Waals surface area (Å²) in [6.45, 7) is 0. The number of anilines is 2. The van der Waals surface area contributed by atoms with Crippen LogP contribution < -0.4 is 15.4 Å². The van der Waals surface area contributed by atoms with Gasteiger partial charge in [-0.1, -0.05) is 12.1 Å². The quantitative estimate of drug-likeness (QED) is 0.614. The molecule has 4 rings (SSSR count). The second-order valence-corrected chi connectivity index (χ2v) is 7.27. The number of hydrogen-bond donors (Lipinski definition) is 2. The van der Waals surface area contributed by atoms with Crippen molar-refractivity contribution in [1.82, 2.24) is 9.78 Å². The fourth-order valence-corrected chi connectivity index (χ4v) is 3.56. The minimum absolute atomic E-state index is 0.101. The number of ether oxygens (including phenoxy) is 1. The topological polar surface area (TPSA) is 92.0 Å². The van der Waals surface area contributed by atoms with Gasteiger partial charge in [-0.3, -0.25) is 4.79 Å². The Morgan fingerprint density at radius 1 is 1.22 bits per heavy atom. The third-order valence-corrected chi connectivity index (χ3v) is 5.21. The number of alkyl halides is 3. The first-order chi connectivity index (χ1) is 15.3. The molecule has 3 aromatic rings. The molecule has 0 fully saturated rings. The van der Waals surface area contributed by atoms with Crippen LogP contribution in [0, 0.1) is 11.3 Å². The summed E-state index contributed by atoms with van der Waals surface area (Å²) in [6.07, 6.45) is -4.82. The molecular weight excluding hydrogens is 423 g/mol. The lowest BCUT2D eigenvalue weighted by Crippen LogP contribution is -2.35. The zero-order valence-corrected chi connectivity index (χ0v) is 16.8. The van der Waals surface area contributed by atoms with Crippen LogP contribution in [0.3, 0.4) is 0 Å². The molecule has 32 heavy (non-hydrogen) atoms. The van der Waals surface area contributed by atoms with E-state index >= 15 is 0 Å². The number of nitrogens with one attached hydrogen (secondary N) is 2. The van der Waals surface area contributed by atoms with Gasteiger partial charge in [0.25, 0.3) is 5.91 Å². The van der Waals surface area contributed by atoms with Gasteiger partial charge in [-0.2, -0.15) is 23.5 Å². The van der Waals surface area contributed by atoms with Crippen molar-refractivity contribution < 1.29 is 22.7 Å². The largest absolute Gasteiger partial charge is 0.497 e. The van der Waals surface area contributed by atoms with Gasteiger partial charge in [0.2, 0.25) is 0 Å². The van der Waals surface area contributed by atoms with Gasteiger partial charge in [-0.15, -0.1) is 0 Å². The Labute approximate surface area is 181 Å². The molecule has 0 bridgehead atoms. The van der Waals surface area contributed by atoms with E-state index in [1.807, 2.05) is 6.07 Å². The summed E-state index contributed by atoms with van der Waals surface area (Å²) >= 11 is 0. The van der Waals surface area contributed by atoms with Crippen LogP contribution in [0.4, 0.5) is 24.7 Å². The molecule has 1 aliphatic heterocycles. The van der Waals surface area contributed by atoms with Crippen LogP contribution >= 0.6 is 0 Å². The number of nitrogens with zero attached hydrogens (tertiary/aromatic N) is 3. The first-order valence-electron chi connectivity index (χ1n) is 9.67. The average Bonchev–Trinajstić information content (AvgIpc) is 3.22. The number of aromatic nitrogens is 2. The van der Waals surface area contributed by atoms with Crippen LogP contribution in [0.25, 0.3) is 0 Å². The minimum atomic E-state index is -4.55. The summed E-state index contributed by atoms with van der Waals surface area (Å²) < 4.78 is 47.4. The Hall–Kier alpha value is -4.00. The van der Waals surface area contributed by atoms with Gasteiger partial charge < -0.3 is 15.4 Å². The third-order valence-electron chi connectivity index (χ3n) is 5.21. The van der Waals surface area contributed by atoms with Crippen LogP contribution in [0.5, 0.6) is 5.75 Å². The van der Waals surface area contributed by atoms with Gasteiger partial charge in [0.15, 0.2) is 11.7 Å².